The Morgan fingerprint density at radius 3 is 2.67 bits per heavy atom. The first-order valence-corrected chi connectivity index (χ1v) is 5.14. The fourth-order valence-corrected chi connectivity index (χ4v) is 1.93. The molecule has 74 valence electrons. The van der Waals surface area contributed by atoms with Gasteiger partial charge in [0.15, 0.2) is 5.58 Å². The SMILES string of the molecule is CCc1cc2cc3ccnoc3cc2c1. The Labute approximate surface area is 87.5 Å². The Bertz CT molecular complexity index is 572. The summed E-state index contributed by atoms with van der Waals surface area (Å²) in [5, 5.41) is 7.39. The predicted octanol–water partition coefficient (Wildman–Crippen LogP) is 3.54. The van der Waals surface area contributed by atoms with Gasteiger partial charge in [-0.15, -0.1) is 0 Å². The molecular weight excluding hydrogens is 186 g/mol. The maximum atomic E-state index is 5.21. The molecule has 0 amide bonds. The van der Waals surface area contributed by atoms with Crippen molar-refractivity contribution in [2.24, 2.45) is 0 Å². The molecule has 2 heteroatoms. The van der Waals surface area contributed by atoms with Crippen molar-refractivity contribution in [1.29, 1.82) is 0 Å². The van der Waals surface area contributed by atoms with Gasteiger partial charge >= 0.3 is 0 Å². The molecule has 2 aromatic carbocycles. The smallest absolute Gasteiger partial charge is 0.165 e. The summed E-state index contributed by atoms with van der Waals surface area (Å²) in [5.41, 5.74) is 2.21. The van der Waals surface area contributed by atoms with Gasteiger partial charge in [-0.3, -0.25) is 0 Å². The van der Waals surface area contributed by atoms with Gasteiger partial charge in [0.05, 0.1) is 6.20 Å². The van der Waals surface area contributed by atoms with Gasteiger partial charge in [0, 0.05) is 5.39 Å². The van der Waals surface area contributed by atoms with Crippen molar-refractivity contribution in [2.45, 2.75) is 13.3 Å². The molecular formula is C13H11NO. The second-order valence-electron chi connectivity index (χ2n) is 3.75. The molecule has 0 spiro atoms. The molecule has 0 N–H and O–H groups in total. The van der Waals surface area contributed by atoms with E-state index >= 15 is 0 Å². The zero-order valence-corrected chi connectivity index (χ0v) is 8.53. The first-order chi connectivity index (χ1) is 7.36. The van der Waals surface area contributed by atoms with Crippen LogP contribution < -0.4 is 0 Å². The van der Waals surface area contributed by atoms with Crippen LogP contribution in [0.1, 0.15) is 12.5 Å². The van der Waals surface area contributed by atoms with E-state index in [1.54, 1.807) is 6.20 Å². The highest BCUT2D eigenvalue weighted by molar-refractivity contribution is 5.96. The highest BCUT2D eigenvalue weighted by Crippen LogP contribution is 2.25. The van der Waals surface area contributed by atoms with Gasteiger partial charge in [0.25, 0.3) is 0 Å². The van der Waals surface area contributed by atoms with E-state index in [-0.39, 0.29) is 0 Å². The summed E-state index contributed by atoms with van der Waals surface area (Å²) in [4.78, 5) is 0. The summed E-state index contributed by atoms with van der Waals surface area (Å²) in [7, 11) is 0. The zero-order valence-electron chi connectivity index (χ0n) is 8.53. The largest absolute Gasteiger partial charge is 0.356 e. The topological polar surface area (TPSA) is 26.0 Å². The number of aromatic nitrogens is 1. The molecule has 15 heavy (non-hydrogen) atoms. The van der Waals surface area contributed by atoms with Crippen molar-refractivity contribution in [3.8, 4) is 0 Å². The third-order valence-electron chi connectivity index (χ3n) is 2.77. The van der Waals surface area contributed by atoms with Crippen LogP contribution in [0.15, 0.2) is 41.1 Å². The molecule has 0 saturated carbocycles. The van der Waals surface area contributed by atoms with Crippen molar-refractivity contribution >= 4 is 21.7 Å². The molecule has 0 aliphatic heterocycles. The van der Waals surface area contributed by atoms with Crippen LogP contribution in [0.4, 0.5) is 0 Å². The molecule has 3 aromatic rings. The fourth-order valence-electron chi connectivity index (χ4n) is 1.93. The summed E-state index contributed by atoms with van der Waals surface area (Å²) in [6, 6.07) is 10.6. The van der Waals surface area contributed by atoms with Crippen LogP contribution in [-0.4, -0.2) is 5.16 Å². The molecule has 3 rings (SSSR count). The minimum atomic E-state index is 0.846. The normalized spacial score (nSPS) is 11.3. The van der Waals surface area contributed by atoms with Crippen LogP contribution in [0.3, 0.4) is 0 Å². The lowest BCUT2D eigenvalue weighted by atomic mass is 10.1. The molecule has 0 radical (unpaired) electrons. The number of aryl methyl sites for hydroxylation is 1. The van der Waals surface area contributed by atoms with E-state index < -0.39 is 0 Å². The second-order valence-corrected chi connectivity index (χ2v) is 3.75. The third-order valence-corrected chi connectivity index (χ3v) is 2.77. The Kier molecular flexibility index (Phi) is 1.75. The average molecular weight is 197 g/mol. The van der Waals surface area contributed by atoms with Gasteiger partial charge in [0.1, 0.15) is 0 Å². The van der Waals surface area contributed by atoms with E-state index in [0.29, 0.717) is 0 Å². The molecule has 0 atom stereocenters. The maximum Gasteiger partial charge on any atom is 0.165 e. The highest BCUT2D eigenvalue weighted by Gasteiger charge is 2.02. The lowest BCUT2D eigenvalue weighted by molar-refractivity contribution is 0.442. The minimum Gasteiger partial charge on any atom is -0.356 e. The van der Waals surface area contributed by atoms with Crippen molar-refractivity contribution in [3.05, 3.63) is 42.1 Å². The summed E-state index contributed by atoms with van der Waals surface area (Å²) < 4.78 is 5.21. The molecule has 0 unspecified atom stereocenters. The van der Waals surface area contributed by atoms with Crippen LogP contribution in [-0.2, 0) is 6.42 Å². The molecule has 1 heterocycles. The van der Waals surface area contributed by atoms with Crippen LogP contribution >= 0.6 is 0 Å². The van der Waals surface area contributed by atoms with E-state index in [2.05, 4.69) is 36.3 Å². The van der Waals surface area contributed by atoms with E-state index in [1.807, 2.05) is 6.07 Å². The van der Waals surface area contributed by atoms with Gasteiger partial charge in [-0.05, 0) is 41.0 Å². The summed E-state index contributed by atoms with van der Waals surface area (Å²) >= 11 is 0. The first kappa shape index (κ1) is 8.48. The van der Waals surface area contributed by atoms with Gasteiger partial charge in [-0.2, -0.15) is 0 Å². The number of nitrogens with zero attached hydrogens (tertiary/aromatic N) is 1. The van der Waals surface area contributed by atoms with Crippen molar-refractivity contribution in [3.63, 3.8) is 0 Å². The standard InChI is InChI=1S/C13H11NO/c1-2-9-5-11-7-10-3-4-14-15-13(10)8-12(11)6-9/h3-8H,2H2,1H3. The number of rotatable bonds is 1. The van der Waals surface area contributed by atoms with Gasteiger partial charge < -0.3 is 4.52 Å². The molecule has 0 bridgehead atoms. The molecule has 0 aliphatic carbocycles. The van der Waals surface area contributed by atoms with Gasteiger partial charge in [-0.25, -0.2) is 0 Å². The van der Waals surface area contributed by atoms with Crippen molar-refractivity contribution in [1.82, 2.24) is 5.16 Å². The lowest BCUT2D eigenvalue weighted by Crippen LogP contribution is -1.74. The van der Waals surface area contributed by atoms with Gasteiger partial charge in [-0.1, -0.05) is 24.2 Å². The van der Waals surface area contributed by atoms with Crippen LogP contribution in [0.25, 0.3) is 21.7 Å². The number of benzene rings is 1. The number of hydrogen-bond donors (Lipinski definition) is 0. The van der Waals surface area contributed by atoms with E-state index in [9.17, 15) is 0 Å². The molecule has 1 aromatic heterocycles. The van der Waals surface area contributed by atoms with Crippen LogP contribution in [0.5, 0.6) is 0 Å². The monoisotopic (exact) mass is 197 g/mol. The van der Waals surface area contributed by atoms with Crippen molar-refractivity contribution < 1.29 is 4.52 Å². The van der Waals surface area contributed by atoms with E-state index in [1.165, 1.54) is 16.3 Å². The summed E-state index contributed by atoms with van der Waals surface area (Å²) in [5.74, 6) is 0. The van der Waals surface area contributed by atoms with E-state index in [4.69, 9.17) is 4.52 Å². The lowest BCUT2D eigenvalue weighted by Gasteiger charge is -1.95. The first-order valence-electron chi connectivity index (χ1n) is 5.14. The second kappa shape index (κ2) is 3.09. The minimum absolute atomic E-state index is 0.846. The number of fused-ring (bicyclic) bond motifs is 2. The molecule has 2 nitrogen and oxygen atoms in total. The maximum absolute atomic E-state index is 5.21. The Morgan fingerprint density at radius 1 is 1.07 bits per heavy atom. The Hall–Kier alpha value is -1.83. The molecule has 0 saturated heterocycles. The van der Waals surface area contributed by atoms with Crippen molar-refractivity contribution in [2.75, 3.05) is 0 Å². The highest BCUT2D eigenvalue weighted by atomic mass is 16.5. The van der Waals surface area contributed by atoms with Crippen LogP contribution in [0.2, 0.25) is 0 Å². The molecule has 0 fully saturated rings. The summed E-state index contributed by atoms with van der Waals surface area (Å²) in [6.45, 7) is 2.17. The third kappa shape index (κ3) is 1.30. The Balaban J connectivity index is 2.39. The van der Waals surface area contributed by atoms with Gasteiger partial charge in [0.2, 0.25) is 0 Å². The van der Waals surface area contributed by atoms with E-state index in [0.717, 1.165) is 17.4 Å². The summed E-state index contributed by atoms with van der Waals surface area (Å²) in [6.07, 6.45) is 2.75. The van der Waals surface area contributed by atoms with Crippen LogP contribution in [0, 0.1) is 0 Å². The zero-order chi connectivity index (χ0) is 10.3. The number of hydrogen-bond acceptors (Lipinski definition) is 2. The average Bonchev–Trinajstić information content (AvgIpc) is 2.67. The quantitative estimate of drug-likeness (QED) is 0.596. The fraction of sp³-hybridized carbons (Fsp3) is 0.154. The predicted molar refractivity (Wildman–Crippen MR) is 60.9 cm³/mol. The molecule has 0 aliphatic rings. The Morgan fingerprint density at radius 2 is 1.87 bits per heavy atom.